The van der Waals surface area contributed by atoms with Crippen LogP contribution in [0.2, 0.25) is 0 Å². The Morgan fingerprint density at radius 2 is 2.00 bits per heavy atom. The van der Waals surface area contributed by atoms with Gasteiger partial charge >= 0.3 is 0 Å². The molecule has 112 valence electrons. The number of hydrogen-bond acceptors (Lipinski definition) is 3. The van der Waals surface area contributed by atoms with E-state index in [1.54, 1.807) is 0 Å². The largest absolute Gasteiger partial charge is 0.508 e. The Hall–Kier alpha value is -1.81. The lowest BCUT2D eigenvalue weighted by molar-refractivity contribution is 0.378. The van der Waals surface area contributed by atoms with Gasteiger partial charge in [-0.05, 0) is 63.0 Å². The molecule has 0 bridgehead atoms. The summed E-state index contributed by atoms with van der Waals surface area (Å²) in [5.74, 6) is 2.03. The number of aromatic hydroxyl groups is 1. The van der Waals surface area contributed by atoms with Gasteiger partial charge in [0.05, 0.1) is 0 Å². The molecule has 0 amide bonds. The second-order valence-corrected chi connectivity index (χ2v) is 6.27. The highest BCUT2D eigenvalue weighted by molar-refractivity contribution is 5.66. The maximum Gasteiger partial charge on any atom is 0.140 e. The molecule has 1 aliphatic heterocycles. The summed E-state index contributed by atoms with van der Waals surface area (Å²) in [5, 5.41) is 9.71. The van der Waals surface area contributed by atoms with Crippen molar-refractivity contribution in [3.8, 4) is 17.1 Å². The number of nitrogens with zero attached hydrogens (tertiary/aromatic N) is 3. The van der Waals surface area contributed by atoms with E-state index in [4.69, 9.17) is 0 Å². The molecule has 1 aromatic carbocycles. The molecule has 2 aromatic rings. The van der Waals surface area contributed by atoms with Gasteiger partial charge in [0.15, 0.2) is 0 Å². The van der Waals surface area contributed by atoms with Crippen LogP contribution in [0.3, 0.4) is 0 Å². The summed E-state index contributed by atoms with van der Waals surface area (Å²) in [5.41, 5.74) is 3.29. The molecular weight excluding hydrogens is 262 g/mol. The second-order valence-electron chi connectivity index (χ2n) is 6.27. The molecule has 1 aromatic heterocycles. The van der Waals surface area contributed by atoms with Gasteiger partial charge in [-0.3, -0.25) is 0 Å². The fourth-order valence-corrected chi connectivity index (χ4v) is 3.43. The van der Waals surface area contributed by atoms with Crippen LogP contribution in [0.15, 0.2) is 24.5 Å². The number of rotatable bonds is 3. The van der Waals surface area contributed by atoms with E-state index in [1.807, 2.05) is 32.2 Å². The van der Waals surface area contributed by atoms with E-state index >= 15 is 0 Å². The Morgan fingerprint density at radius 3 is 2.62 bits per heavy atom. The van der Waals surface area contributed by atoms with Gasteiger partial charge in [0.1, 0.15) is 11.6 Å². The van der Waals surface area contributed by atoms with Crippen LogP contribution in [0.1, 0.15) is 17.5 Å². The number of aromatic nitrogens is 2. The number of likely N-dealkylation sites (tertiary alicyclic amines) is 1. The van der Waals surface area contributed by atoms with Crippen molar-refractivity contribution in [3.05, 3.63) is 35.7 Å². The van der Waals surface area contributed by atoms with Gasteiger partial charge in [0, 0.05) is 31.0 Å². The van der Waals surface area contributed by atoms with Gasteiger partial charge in [-0.15, -0.1) is 0 Å². The third-order valence-corrected chi connectivity index (χ3v) is 4.40. The van der Waals surface area contributed by atoms with Crippen molar-refractivity contribution < 1.29 is 5.11 Å². The minimum Gasteiger partial charge on any atom is -0.508 e. The molecular formula is C17H23N3O. The van der Waals surface area contributed by atoms with Crippen molar-refractivity contribution >= 4 is 0 Å². The first-order valence-electron chi connectivity index (χ1n) is 7.55. The minimum atomic E-state index is 0.323. The van der Waals surface area contributed by atoms with E-state index in [9.17, 15) is 5.11 Å². The van der Waals surface area contributed by atoms with Crippen LogP contribution in [0.4, 0.5) is 0 Å². The smallest absolute Gasteiger partial charge is 0.140 e. The predicted octanol–water partition coefficient (Wildman–Crippen LogP) is 2.82. The number of phenolic OH excluding ortho intramolecular Hbond substituents is 1. The monoisotopic (exact) mass is 285 g/mol. The molecule has 1 aliphatic rings. The van der Waals surface area contributed by atoms with Crippen LogP contribution in [0.25, 0.3) is 11.4 Å². The molecule has 1 atom stereocenters. The number of hydrogen-bond donors (Lipinski definition) is 1. The fraction of sp³-hybridized carbons (Fsp3) is 0.471. The topological polar surface area (TPSA) is 41.3 Å². The molecule has 4 heteroatoms. The summed E-state index contributed by atoms with van der Waals surface area (Å²) in [7, 11) is 2.18. The molecule has 0 radical (unpaired) electrons. The molecule has 21 heavy (non-hydrogen) atoms. The average Bonchev–Trinajstić information content (AvgIpc) is 2.99. The minimum absolute atomic E-state index is 0.323. The summed E-state index contributed by atoms with van der Waals surface area (Å²) in [6.45, 7) is 7.42. The summed E-state index contributed by atoms with van der Waals surface area (Å²) < 4.78 is 2.26. The lowest BCUT2D eigenvalue weighted by Crippen LogP contribution is -2.17. The predicted molar refractivity (Wildman–Crippen MR) is 84.4 cm³/mol. The Morgan fingerprint density at radius 1 is 1.29 bits per heavy atom. The highest BCUT2D eigenvalue weighted by atomic mass is 16.3. The number of phenols is 1. The zero-order valence-electron chi connectivity index (χ0n) is 13.0. The number of benzene rings is 1. The molecule has 1 unspecified atom stereocenters. The van der Waals surface area contributed by atoms with E-state index in [2.05, 4.69) is 27.7 Å². The van der Waals surface area contributed by atoms with E-state index in [-0.39, 0.29) is 0 Å². The molecule has 1 N–H and O–H groups in total. The van der Waals surface area contributed by atoms with Crippen molar-refractivity contribution in [3.63, 3.8) is 0 Å². The molecule has 2 heterocycles. The zero-order valence-corrected chi connectivity index (χ0v) is 13.0. The normalized spacial score (nSPS) is 19.3. The van der Waals surface area contributed by atoms with Crippen LogP contribution in [0.5, 0.6) is 5.75 Å². The quantitative estimate of drug-likeness (QED) is 0.943. The van der Waals surface area contributed by atoms with Crippen LogP contribution in [-0.2, 0) is 6.54 Å². The first-order chi connectivity index (χ1) is 10.0. The highest BCUT2D eigenvalue weighted by Gasteiger charge is 2.21. The summed E-state index contributed by atoms with van der Waals surface area (Å²) in [6.07, 6.45) is 5.20. The van der Waals surface area contributed by atoms with Gasteiger partial charge in [0.25, 0.3) is 0 Å². The van der Waals surface area contributed by atoms with Crippen molar-refractivity contribution in [2.45, 2.75) is 26.8 Å². The van der Waals surface area contributed by atoms with E-state index < -0.39 is 0 Å². The third-order valence-electron chi connectivity index (χ3n) is 4.40. The molecule has 3 rings (SSSR count). The summed E-state index contributed by atoms with van der Waals surface area (Å²) in [4.78, 5) is 6.95. The van der Waals surface area contributed by atoms with E-state index in [0.29, 0.717) is 11.7 Å². The molecule has 0 saturated carbocycles. The zero-order chi connectivity index (χ0) is 15.0. The van der Waals surface area contributed by atoms with Gasteiger partial charge in [-0.1, -0.05) is 0 Å². The fourth-order valence-electron chi connectivity index (χ4n) is 3.43. The Kier molecular flexibility index (Phi) is 3.72. The van der Waals surface area contributed by atoms with Gasteiger partial charge in [-0.25, -0.2) is 4.98 Å². The van der Waals surface area contributed by atoms with Gasteiger partial charge < -0.3 is 14.6 Å². The highest BCUT2D eigenvalue weighted by Crippen LogP contribution is 2.30. The maximum atomic E-state index is 9.71. The maximum absolute atomic E-state index is 9.71. The van der Waals surface area contributed by atoms with E-state index in [0.717, 1.165) is 35.6 Å². The van der Waals surface area contributed by atoms with Crippen molar-refractivity contribution in [2.75, 3.05) is 20.1 Å². The molecule has 4 nitrogen and oxygen atoms in total. The summed E-state index contributed by atoms with van der Waals surface area (Å²) >= 11 is 0. The summed E-state index contributed by atoms with van der Waals surface area (Å²) in [6, 6.07) is 3.62. The van der Waals surface area contributed by atoms with Crippen LogP contribution in [-0.4, -0.2) is 39.7 Å². The second kappa shape index (κ2) is 5.53. The molecule has 1 fully saturated rings. The molecule has 0 aliphatic carbocycles. The van der Waals surface area contributed by atoms with Gasteiger partial charge in [-0.2, -0.15) is 0 Å². The molecule has 0 spiro atoms. The Balaban J connectivity index is 1.92. The Bertz CT molecular complexity index is 624. The lowest BCUT2D eigenvalue weighted by Gasteiger charge is -2.16. The first-order valence-corrected chi connectivity index (χ1v) is 7.55. The molecule has 1 saturated heterocycles. The number of imidazole rings is 1. The Labute approximate surface area is 126 Å². The van der Waals surface area contributed by atoms with Crippen molar-refractivity contribution in [2.24, 2.45) is 5.92 Å². The number of aryl methyl sites for hydroxylation is 2. The van der Waals surface area contributed by atoms with Crippen molar-refractivity contribution in [1.29, 1.82) is 0 Å². The first kappa shape index (κ1) is 14.1. The standard InChI is InChI=1S/C17H23N3O/c1-12-8-15(21)9-13(2)16(12)17-18-5-7-20(17)11-14-4-6-19(3)10-14/h5,7-9,14,21H,4,6,10-11H2,1-3H3. The third kappa shape index (κ3) is 2.81. The SMILES string of the molecule is Cc1cc(O)cc(C)c1-c1nccn1CC1CCN(C)C1. The van der Waals surface area contributed by atoms with E-state index in [1.165, 1.54) is 13.0 Å². The van der Waals surface area contributed by atoms with Gasteiger partial charge in [0.2, 0.25) is 0 Å². The van der Waals surface area contributed by atoms with Crippen LogP contribution in [0, 0.1) is 19.8 Å². The average molecular weight is 285 g/mol. The van der Waals surface area contributed by atoms with Crippen LogP contribution < -0.4 is 0 Å². The van der Waals surface area contributed by atoms with Crippen molar-refractivity contribution in [1.82, 2.24) is 14.5 Å². The van der Waals surface area contributed by atoms with Crippen LogP contribution >= 0.6 is 0 Å². The lowest BCUT2D eigenvalue weighted by atomic mass is 10.0.